The van der Waals surface area contributed by atoms with Gasteiger partial charge in [-0.3, -0.25) is 0 Å². The highest BCUT2D eigenvalue weighted by Crippen LogP contribution is 2.49. The van der Waals surface area contributed by atoms with Crippen molar-refractivity contribution in [1.29, 1.82) is 0 Å². The van der Waals surface area contributed by atoms with Crippen molar-refractivity contribution in [2.75, 3.05) is 12.4 Å². The molecule has 1 aliphatic rings. The van der Waals surface area contributed by atoms with Crippen molar-refractivity contribution < 1.29 is 18.3 Å². The monoisotopic (exact) mass is 416 g/mol. The Kier molecular flexibility index (Phi) is 6.69. The summed E-state index contributed by atoms with van der Waals surface area (Å²) in [5, 5.41) is 11.7. The van der Waals surface area contributed by atoms with E-state index < -0.39 is 27.3 Å². The van der Waals surface area contributed by atoms with E-state index in [4.69, 9.17) is 4.74 Å². The minimum absolute atomic E-state index is 0.0381. The average Bonchev–Trinajstić information content (AvgIpc) is 2.79. The van der Waals surface area contributed by atoms with Crippen LogP contribution in [0.2, 0.25) is 0 Å². The molecule has 3 rings (SSSR count). The van der Waals surface area contributed by atoms with Gasteiger partial charge in [0.1, 0.15) is 5.75 Å². The first kappa shape index (κ1) is 21.8. The summed E-state index contributed by atoms with van der Waals surface area (Å²) >= 11 is 0. The van der Waals surface area contributed by atoms with Gasteiger partial charge in [-0.25, -0.2) is 8.42 Å². The number of unbranched alkanes of at least 4 members (excludes halogenated alkanes) is 1. The van der Waals surface area contributed by atoms with E-state index in [1.807, 2.05) is 56.3 Å². The molecule has 0 fully saturated rings. The van der Waals surface area contributed by atoms with Crippen LogP contribution < -0.4 is 4.74 Å². The standard InChI is InChI=1S/C24H32O4S/c1-4-7-15-24(5-2)17-29(26,27)21-16-19(28-6-3)13-14-20(21)22(23(24)25)18-11-9-8-10-12-18/h8-14,16,22-23,25H,4-7,15,17H2,1-3H3/t22-,23?,24+/m1/s1. The minimum Gasteiger partial charge on any atom is -0.494 e. The second kappa shape index (κ2) is 8.88. The second-order valence-corrected chi connectivity index (χ2v) is 10.0. The van der Waals surface area contributed by atoms with Crippen molar-refractivity contribution in [3.8, 4) is 5.75 Å². The third kappa shape index (κ3) is 4.22. The van der Waals surface area contributed by atoms with Gasteiger partial charge in [0.05, 0.1) is 23.4 Å². The molecule has 2 aromatic rings. The number of ether oxygens (including phenoxy) is 1. The van der Waals surface area contributed by atoms with Gasteiger partial charge >= 0.3 is 0 Å². The van der Waals surface area contributed by atoms with Crippen LogP contribution in [-0.4, -0.2) is 32.0 Å². The van der Waals surface area contributed by atoms with E-state index in [1.165, 1.54) is 0 Å². The molecule has 1 heterocycles. The van der Waals surface area contributed by atoms with Crippen LogP contribution in [-0.2, 0) is 9.84 Å². The summed E-state index contributed by atoms with van der Waals surface area (Å²) in [5.74, 6) is 0.119. The smallest absolute Gasteiger partial charge is 0.179 e. The molecule has 0 radical (unpaired) electrons. The van der Waals surface area contributed by atoms with E-state index in [9.17, 15) is 13.5 Å². The summed E-state index contributed by atoms with van der Waals surface area (Å²) in [5.41, 5.74) is 0.927. The number of aliphatic hydroxyl groups is 1. The van der Waals surface area contributed by atoms with Crippen LogP contribution in [0.25, 0.3) is 0 Å². The van der Waals surface area contributed by atoms with Crippen LogP contribution in [0.5, 0.6) is 5.75 Å². The molecule has 0 aromatic heterocycles. The van der Waals surface area contributed by atoms with Gasteiger partial charge in [0.25, 0.3) is 0 Å². The van der Waals surface area contributed by atoms with Crippen LogP contribution >= 0.6 is 0 Å². The molecule has 0 bridgehead atoms. The lowest BCUT2D eigenvalue weighted by Crippen LogP contribution is -2.42. The summed E-state index contributed by atoms with van der Waals surface area (Å²) in [4.78, 5) is 0.295. The van der Waals surface area contributed by atoms with Crippen LogP contribution in [0.15, 0.2) is 53.4 Å². The van der Waals surface area contributed by atoms with Crippen molar-refractivity contribution in [2.24, 2.45) is 5.41 Å². The first-order valence-corrected chi connectivity index (χ1v) is 12.3. The van der Waals surface area contributed by atoms with Gasteiger partial charge in [-0.2, -0.15) is 0 Å². The lowest BCUT2D eigenvalue weighted by Gasteiger charge is -2.39. The summed E-state index contributed by atoms with van der Waals surface area (Å²) < 4.78 is 32.7. The Labute approximate surface area is 174 Å². The third-order valence-electron chi connectivity index (χ3n) is 6.28. The molecule has 158 valence electrons. The Morgan fingerprint density at radius 3 is 2.45 bits per heavy atom. The molecule has 3 atom stereocenters. The first-order valence-electron chi connectivity index (χ1n) is 10.6. The minimum atomic E-state index is -3.58. The Morgan fingerprint density at radius 1 is 1.10 bits per heavy atom. The highest BCUT2D eigenvalue weighted by molar-refractivity contribution is 7.91. The molecule has 5 heteroatoms. The van der Waals surface area contributed by atoms with Gasteiger partial charge in [-0.1, -0.05) is 63.1 Å². The lowest BCUT2D eigenvalue weighted by atomic mass is 9.69. The number of fused-ring (bicyclic) bond motifs is 1. The van der Waals surface area contributed by atoms with E-state index in [0.29, 0.717) is 35.7 Å². The van der Waals surface area contributed by atoms with Gasteiger partial charge in [-0.05, 0) is 43.0 Å². The van der Waals surface area contributed by atoms with Crippen molar-refractivity contribution in [1.82, 2.24) is 0 Å². The number of hydrogen-bond donors (Lipinski definition) is 1. The fraction of sp³-hybridized carbons (Fsp3) is 0.500. The number of benzene rings is 2. The SMILES string of the molecule is CCCC[C@@]1(CC)CS(=O)(=O)c2cc(OCC)ccc2[C@@H](c2ccccc2)C1O. The molecule has 0 amide bonds. The van der Waals surface area contributed by atoms with Crippen LogP contribution in [0, 0.1) is 5.41 Å². The van der Waals surface area contributed by atoms with Crippen molar-refractivity contribution in [3.05, 3.63) is 59.7 Å². The van der Waals surface area contributed by atoms with Gasteiger partial charge in [0, 0.05) is 11.3 Å². The average molecular weight is 417 g/mol. The van der Waals surface area contributed by atoms with Gasteiger partial charge in [-0.15, -0.1) is 0 Å². The number of sulfone groups is 1. The molecular formula is C24H32O4S. The van der Waals surface area contributed by atoms with Gasteiger partial charge in [0.2, 0.25) is 0 Å². The Balaban J connectivity index is 2.26. The molecule has 1 N–H and O–H groups in total. The highest BCUT2D eigenvalue weighted by atomic mass is 32.2. The number of hydrogen-bond acceptors (Lipinski definition) is 4. The van der Waals surface area contributed by atoms with E-state index in [0.717, 1.165) is 18.4 Å². The largest absolute Gasteiger partial charge is 0.494 e. The topological polar surface area (TPSA) is 63.6 Å². The molecule has 2 aromatic carbocycles. The maximum absolute atomic E-state index is 13.5. The second-order valence-electron chi connectivity index (χ2n) is 8.04. The zero-order valence-corrected chi connectivity index (χ0v) is 18.4. The highest BCUT2D eigenvalue weighted by Gasteiger charge is 2.48. The third-order valence-corrected chi connectivity index (χ3v) is 8.26. The van der Waals surface area contributed by atoms with Crippen molar-refractivity contribution in [2.45, 2.75) is 63.4 Å². The Hall–Kier alpha value is -1.85. The molecule has 0 saturated heterocycles. The molecule has 1 aliphatic heterocycles. The predicted molar refractivity (Wildman–Crippen MR) is 116 cm³/mol. The Morgan fingerprint density at radius 2 is 1.83 bits per heavy atom. The van der Waals surface area contributed by atoms with E-state index in [1.54, 1.807) is 6.07 Å². The van der Waals surface area contributed by atoms with Crippen LogP contribution in [0.4, 0.5) is 0 Å². The molecule has 1 unspecified atom stereocenters. The molecule has 29 heavy (non-hydrogen) atoms. The maximum atomic E-state index is 13.5. The summed E-state index contributed by atoms with van der Waals surface area (Å²) in [6.07, 6.45) is 2.38. The quantitative estimate of drug-likeness (QED) is 0.693. The summed E-state index contributed by atoms with van der Waals surface area (Å²) in [6, 6.07) is 15.0. The molecule has 4 nitrogen and oxygen atoms in total. The predicted octanol–water partition coefficient (Wildman–Crippen LogP) is 4.95. The van der Waals surface area contributed by atoms with Crippen molar-refractivity contribution >= 4 is 9.84 Å². The number of rotatable bonds is 7. The molecule has 0 spiro atoms. The molecule has 0 aliphatic carbocycles. The van der Waals surface area contributed by atoms with E-state index in [2.05, 4.69) is 6.92 Å². The summed E-state index contributed by atoms with van der Waals surface area (Å²) in [6.45, 7) is 6.44. The zero-order chi connectivity index (χ0) is 21.1. The molecule has 0 saturated carbocycles. The normalized spacial score (nSPS) is 25.8. The Bertz CT molecular complexity index is 923. The molecular weight excluding hydrogens is 384 g/mol. The fourth-order valence-corrected chi connectivity index (χ4v) is 6.90. The lowest BCUT2D eigenvalue weighted by molar-refractivity contribution is 0.0174. The van der Waals surface area contributed by atoms with Crippen LogP contribution in [0.3, 0.4) is 0 Å². The maximum Gasteiger partial charge on any atom is 0.179 e. The summed E-state index contributed by atoms with van der Waals surface area (Å²) in [7, 11) is -3.58. The number of aliphatic hydroxyl groups excluding tert-OH is 1. The first-order chi connectivity index (χ1) is 13.9. The zero-order valence-electron chi connectivity index (χ0n) is 17.6. The van der Waals surface area contributed by atoms with Gasteiger partial charge < -0.3 is 9.84 Å². The van der Waals surface area contributed by atoms with Gasteiger partial charge in [0.15, 0.2) is 9.84 Å². The van der Waals surface area contributed by atoms with E-state index >= 15 is 0 Å². The van der Waals surface area contributed by atoms with Crippen LogP contribution in [0.1, 0.15) is 63.5 Å². The van der Waals surface area contributed by atoms with E-state index in [-0.39, 0.29) is 5.75 Å². The van der Waals surface area contributed by atoms with Crippen molar-refractivity contribution in [3.63, 3.8) is 0 Å². The fourth-order valence-electron chi connectivity index (χ4n) is 4.62.